The zero-order chi connectivity index (χ0) is 13.0. The third-order valence-corrected chi connectivity index (χ3v) is 3.08. The molecule has 0 aliphatic carbocycles. The van der Waals surface area contributed by atoms with E-state index in [4.69, 9.17) is 17.3 Å². The standard InChI is InChI=1S/C14H13ClN2O/c15-13-4-2-1-3-10(13)5-6-12-9-11(14(16)18)7-8-17-12/h1-4,7-9H,5-6H2,(H2,16,18). The van der Waals surface area contributed by atoms with E-state index >= 15 is 0 Å². The van der Waals surface area contributed by atoms with Gasteiger partial charge in [-0.25, -0.2) is 0 Å². The molecule has 92 valence electrons. The number of benzene rings is 1. The summed E-state index contributed by atoms with van der Waals surface area (Å²) in [6.07, 6.45) is 3.11. The number of primary amides is 1. The maximum atomic E-state index is 11.1. The Kier molecular flexibility index (Phi) is 3.95. The van der Waals surface area contributed by atoms with Gasteiger partial charge >= 0.3 is 0 Å². The minimum atomic E-state index is -0.434. The smallest absolute Gasteiger partial charge is 0.248 e. The Hall–Kier alpha value is -1.87. The van der Waals surface area contributed by atoms with E-state index in [9.17, 15) is 4.79 Å². The van der Waals surface area contributed by atoms with Gasteiger partial charge in [0.05, 0.1) is 0 Å². The van der Waals surface area contributed by atoms with Crippen LogP contribution in [0.3, 0.4) is 0 Å². The van der Waals surface area contributed by atoms with Crippen LogP contribution in [-0.2, 0) is 12.8 Å². The molecule has 1 amide bonds. The number of hydrogen-bond donors (Lipinski definition) is 1. The molecular weight excluding hydrogens is 248 g/mol. The molecule has 3 nitrogen and oxygen atoms in total. The molecule has 2 N–H and O–H groups in total. The first-order chi connectivity index (χ1) is 8.66. The molecule has 0 spiro atoms. The zero-order valence-corrected chi connectivity index (χ0v) is 10.5. The number of halogens is 1. The molecular formula is C14H13ClN2O. The van der Waals surface area contributed by atoms with Gasteiger partial charge in [-0.2, -0.15) is 0 Å². The summed E-state index contributed by atoms with van der Waals surface area (Å²) >= 11 is 6.08. The first kappa shape index (κ1) is 12.6. The molecule has 2 rings (SSSR count). The maximum absolute atomic E-state index is 11.1. The van der Waals surface area contributed by atoms with Crippen LogP contribution in [0, 0.1) is 0 Å². The van der Waals surface area contributed by atoms with E-state index in [1.54, 1.807) is 18.3 Å². The van der Waals surface area contributed by atoms with Crippen LogP contribution < -0.4 is 5.73 Å². The Labute approximate surface area is 111 Å². The SMILES string of the molecule is NC(=O)c1ccnc(CCc2ccccc2Cl)c1. The highest BCUT2D eigenvalue weighted by Gasteiger charge is 2.04. The number of hydrogen-bond acceptors (Lipinski definition) is 2. The Morgan fingerprint density at radius 2 is 2.00 bits per heavy atom. The second kappa shape index (κ2) is 5.65. The summed E-state index contributed by atoms with van der Waals surface area (Å²) in [4.78, 5) is 15.3. The Morgan fingerprint density at radius 1 is 1.22 bits per heavy atom. The molecule has 18 heavy (non-hydrogen) atoms. The van der Waals surface area contributed by atoms with Crippen molar-refractivity contribution < 1.29 is 4.79 Å². The molecule has 0 bridgehead atoms. The van der Waals surface area contributed by atoms with E-state index in [1.165, 1.54) is 0 Å². The third kappa shape index (κ3) is 3.08. The highest BCUT2D eigenvalue weighted by atomic mass is 35.5. The van der Waals surface area contributed by atoms with Gasteiger partial charge in [-0.15, -0.1) is 0 Å². The van der Waals surface area contributed by atoms with Crippen molar-refractivity contribution in [3.05, 3.63) is 64.4 Å². The largest absolute Gasteiger partial charge is 0.366 e. The molecule has 4 heteroatoms. The molecule has 0 aliphatic heterocycles. The van der Waals surface area contributed by atoms with Crippen LogP contribution in [0.25, 0.3) is 0 Å². The van der Waals surface area contributed by atoms with Crippen LogP contribution in [0.1, 0.15) is 21.6 Å². The number of nitrogens with two attached hydrogens (primary N) is 1. The van der Waals surface area contributed by atoms with Crippen molar-refractivity contribution >= 4 is 17.5 Å². The fraction of sp³-hybridized carbons (Fsp3) is 0.143. The van der Waals surface area contributed by atoms with Gasteiger partial charge in [-0.3, -0.25) is 9.78 Å². The highest BCUT2D eigenvalue weighted by molar-refractivity contribution is 6.31. The van der Waals surface area contributed by atoms with Gasteiger partial charge in [0.2, 0.25) is 5.91 Å². The molecule has 0 saturated heterocycles. The summed E-state index contributed by atoms with van der Waals surface area (Å²) in [7, 11) is 0. The third-order valence-electron chi connectivity index (χ3n) is 2.71. The summed E-state index contributed by atoms with van der Waals surface area (Å²) in [5, 5.41) is 0.753. The number of carbonyl (C=O) groups excluding carboxylic acids is 1. The first-order valence-electron chi connectivity index (χ1n) is 5.65. The molecule has 2 aromatic rings. The van der Waals surface area contributed by atoms with Crippen molar-refractivity contribution in [3.8, 4) is 0 Å². The minimum Gasteiger partial charge on any atom is -0.366 e. The lowest BCUT2D eigenvalue weighted by Crippen LogP contribution is -2.11. The van der Waals surface area contributed by atoms with Gasteiger partial charge < -0.3 is 5.73 Å². The predicted octanol–water partition coefficient (Wildman–Crippen LogP) is 2.62. The van der Waals surface area contributed by atoms with E-state index < -0.39 is 5.91 Å². The summed E-state index contributed by atoms with van der Waals surface area (Å²) in [6.45, 7) is 0. The molecule has 0 fully saturated rings. The fourth-order valence-corrected chi connectivity index (χ4v) is 1.96. The summed E-state index contributed by atoms with van der Waals surface area (Å²) in [6, 6.07) is 11.0. The minimum absolute atomic E-state index is 0.434. The lowest BCUT2D eigenvalue weighted by Gasteiger charge is -2.04. The van der Waals surface area contributed by atoms with Crippen LogP contribution in [-0.4, -0.2) is 10.9 Å². The van der Waals surface area contributed by atoms with E-state index in [0.717, 1.165) is 29.1 Å². The van der Waals surface area contributed by atoms with Gasteiger partial charge in [0, 0.05) is 22.5 Å². The number of aromatic nitrogens is 1. The molecule has 0 aliphatic rings. The quantitative estimate of drug-likeness (QED) is 0.919. The topological polar surface area (TPSA) is 56.0 Å². The fourth-order valence-electron chi connectivity index (χ4n) is 1.73. The first-order valence-corrected chi connectivity index (χ1v) is 6.03. The second-order valence-electron chi connectivity index (χ2n) is 3.99. The van der Waals surface area contributed by atoms with Crippen molar-refractivity contribution in [3.63, 3.8) is 0 Å². The number of carbonyl (C=O) groups is 1. The average molecular weight is 261 g/mol. The highest BCUT2D eigenvalue weighted by Crippen LogP contribution is 2.17. The van der Waals surface area contributed by atoms with E-state index in [0.29, 0.717) is 5.56 Å². The Bertz CT molecular complexity index is 569. The molecule has 1 heterocycles. The Balaban J connectivity index is 2.09. The number of amides is 1. The molecule has 1 aromatic heterocycles. The van der Waals surface area contributed by atoms with Crippen LogP contribution in [0.4, 0.5) is 0 Å². The van der Waals surface area contributed by atoms with Gasteiger partial charge in [0.25, 0.3) is 0 Å². The molecule has 1 aromatic carbocycles. The van der Waals surface area contributed by atoms with Crippen molar-refractivity contribution in [2.75, 3.05) is 0 Å². The Morgan fingerprint density at radius 3 is 2.72 bits per heavy atom. The van der Waals surface area contributed by atoms with Gasteiger partial charge in [0.15, 0.2) is 0 Å². The van der Waals surface area contributed by atoms with E-state index in [1.807, 2.05) is 24.3 Å². The second-order valence-corrected chi connectivity index (χ2v) is 4.40. The number of aryl methyl sites for hydroxylation is 2. The average Bonchev–Trinajstić information content (AvgIpc) is 2.38. The molecule has 0 atom stereocenters. The van der Waals surface area contributed by atoms with E-state index in [2.05, 4.69) is 4.98 Å². The normalized spacial score (nSPS) is 10.3. The number of rotatable bonds is 4. The van der Waals surface area contributed by atoms with E-state index in [-0.39, 0.29) is 0 Å². The van der Waals surface area contributed by atoms with Crippen molar-refractivity contribution in [1.29, 1.82) is 0 Å². The number of nitrogens with zero attached hydrogens (tertiary/aromatic N) is 1. The van der Waals surface area contributed by atoms with Gasteiger partial charge in [0.1, 0.15) is 0 Å². The summed E-state index contributed by atoms with van der Waals surface area (Å²) < 4.78 is 0. The lowest BCUT2D eigenvalue weighted by atomic mass is 10.1. The van der Waals surface area contributed by atoms with Gasteiger partial charge in [-0.1, -0.05) is 29.8 Å². The molecule has 0 radical (unpaired) electrons. The van der Waals surface area contributed by atoms with Gasteiger partial charge in [-0.05, 0) is 36.6 Å². The number of pyridine rings is 1. The van der Waals surface area contributed by atoms with Crippen LogP contribution in [0.5, 0.6) is 0 Å². The van der Waals surface area contributed by atoms with Crippen LogP contribution >= 0.6 is 11.6 Å². The lowest BCUT2D eigenvalue weighted by molar-refractivity contribution is 0.1000. The zero-order valence-electron chi connectivity index (χ0n) is 9.77. The van der Waals surface area contributed by atoms with Crippen molar-refractivity contribution in [2.45, 2.75) is 12.8 Å². The summed E-state index contributed by atoms with van der Waals surface area (Å²) in [5.74, 6) is -0.434. The predicted molar refractivity (Wildman–Crippen MR) is 71.6 cm³/mol. The molecule has 0 saturated carbocycles. The monoisotopic (exact) mass is 260 g/mol. The molecule has 0 unspecified atom stereocenters. The van der Waals surface area contributed by atoms with Crippen LogP contribution in [0.2, 0.25) is 5.02 Å². The summed E-state index contributed by atoms with van der Waals surface area (Å²) in [5.41, 5.74) is 7.63. The van der Waals surface area contributed by atoms with Crippen molar-refractivity contribution in [2.24, 2.45) is 5.73 Å². The van der Waals surface area contributed by atoms with Crippen molar-refractivity contribution in [1.82, 2.24) is 4.98 Å². The maximum Gasteiger partial charge on any atom is 0.248 e. The van der Waals surface area contributed by atoms with Crippen LogP contribution in [0.15, 0.2) is 42.6 Å².